The Morgan fingerprint density at radius 1 is 0.769 bits per heavy atom. The van der Waals surface area contributed by atoms with E-state index in [-0.39, 0.29) is 28.9 Å². The lowest BCUT2D eigenvalue weighted by Gasteiger charge is -2.32. The Labute approximate surface area is 237 Å². The van der Waals surface area contributed by atoms with Gasteiger partial charge in [-0.3, -0.25) is 0 Å². The summed E-state index contributed by atoms with van der Waals surface area (Å²) in [4.78, 5) is 0.0976. The quantitative estimate of drug-likeness (QED) is 0.270. The van der Waals surface area contributed by atoms with Gasteiger partial charge in [0.1, 0.15) is 5.75 Å². The van der Waals surface area contributed by atoms with Crippen molar-refractivity contribution in [3.05, 3.63) is 88.9 Å². The van der Waals surface area contributed by atoms with Gasteiger partial charge >= 0.3 is 0 Å². The normalized spacial score (nSPS) is 15.1. The first kappa shape index (κ1) is 29.6. The molecule has 1 fully saturated rings. The molecule has 0 N–H and O–H groups in total. The van der Waals surface area contributed by atoms with Crippen molar-refractivity contribution in [3.63, 3.8) is 0 Å². The Morgan fingerprint density at radius 3 is 1.90 bits per heavy atom. The lowest BCUT2D eigenvalue weighted by Crippen LogP contribution is -2.41. The third-order valence-electron chi connectivity index (χ3n) is 7.21. The van der Waals surface area contributed by atoms with Crippen LogP contribution in [-0.2, 0) is 33.1 Å². The van der Waals surface area contributed by atoms with Crippen LogP contribution in [0.1, 0.15) is 50.2 Å². The predicted octanol–water partition coefficient (Wildman–Crippen LogP) is 6.08. The average Bonchev–Trinajstić information content (AvgIpc) is 2.95. The second kappa shape index (κ2) is 12.8. The van der Waals surface area contributed by atoms with Crippen LogP contribution in [0.15, 0.2) is 82.6 Å². The zero-order chi connectivity index (χ0) is 28.0. The van der Waals surface area contributed by atoms with E-state index < -0.39 is 20.0 Å². The molecule has 4 rings (SSSR count). The van der Waals surface area contributed by atoms with Gasteiger partial charge in [-0.25, -0.2) is 16.8 Å². The monoisotopic (exact) mass is 590 g/mol. The van der Waals surface area contributed by atoms with Gasteiger partial charge in [0.25, 0.3) is 0 Å². The fourth-order valence-electron chi connectivity index (χ4n) is 5.13. The van der Waals surface area contributed by atoms with Crippen LogP contribution in [0, 0.1) is 0 Å². The second-order valence-corrected chi connectivity index (χ2v) is 13.9. The molecule has 0 unspecified atom stereocenters. The molecule has 3 aromatic carbocycles. The molecule has 0 amide bonds. The van der Waals surface area contributed by atoms with Crippen molar-refractivity contribution in [2.75, 3.05) is 13.7 Å². The van der Waals surface area contributed by atoms with Crippen LogP contribution in [0.3, 0.4) is 0 Å². The minimum absolute atomic E-state index is 0.00381. The summed E-state index contributed by atoms with van der Waals surface area (Å²) in [5.74, 6) is 0.570. The molecule has 10 heteroatoms. The van der Waals surface area contributed by atoms with Crippen LogP contribution in [0.2, 0.25) is 5.02 Å². The molecular formula is C29H35ClN2O5S2. The van der Waals surface area contributed by atoms with E-state index in [1.165, 1.54) is 35.7 Å². The van der Waals surface area contributed by atoms with Gasteiger partial charge in [0, 0.05) is 36.3 Å². The lowest BCUT2D eigenvalue weighted by molar-refractivity contribution is 0.261. The van der Waals surface area contributed by atoms with E-state index in [4.69, 9.17) is 16.3 Å². The summed E-state index contributed by atoms with van der Waals surface area (Å²) in [6, 6.07) is 19.8. The zero-order valence-electron chi connectivity index (χ0n) is 22.3. The molecule has 0 radical (unpaired) electrons. The lowest BCUT2D eigenvalue weighted by atomic mass is 9.95. The van der Waals surface area contributed by atoms with E-state index in [0.29, 0.717) is 28.4 Å². The first-order valence-corrected chi connectivity index (χ1v) is 16.4. The molecule has 1 aliphatic carbocycles. The van der Waals surface area contributed by atoms with E-state index in [1.54, 1.807) is 34.6 Å². The number of methoxy groups -OCH3 is 1. The van der Waals surface area contributed by atoms with Gasteiger partial charge in [0.15, 0.2) is 0 Å². The van der Waals surface area contributed by atoms with Gasteiger partial charge in [-0.2, -0.15) is 8.61 Å². The van der Waals surface area contributed by atoms with E-state index in [0.717, 1.165) is 32.1 Å². The number of hydrogen-bond acceptors (Lipinski definition) is 5. The maximum absolute atomic E-state index is 13.9. The van der Waals surface area contributed by atoms with Crippen LogP contribution >= 0.6 is 11.6 Å². The van der Waals surface area contributed by atoms with Crippen molar-refractivity contribution in [2.45, 2.75) is 68.0 Å². The summed E-state index contributed by atoms with van der Waals surface area (Å²) in [5, 5.41) is 0.460. The smallest absolute Gasteiger partial charge is 0.243 e. The molecule has 0 spiro atoms. The fraction of sp³-hybridized carbons (Fsp3) is 0.379. The summed E-state index contributed by atoms with van der Waals surface area (Å²) in [5.41, 5.74) is 1.35. The number of rotatable bonds is 11. The topological polar surface area (TPSA) is 84.0 Å². The number of ether oxygens (including phenoxy) is 1. The Kier molecular flexibility index (Phi) is 9.72. The minimum atomic E-state index is -4.04. The molecule has 1 aliphatic rings. The number of sulfonamides is 2. The van der Waals surface area contributed by atoms with Gasteiger partial charge < -0.3 is 4.74 Å². The number of hydrogen-bond donors (Lipinski definition) is 0. The van der Waals surface area contributed by atoms with Crippen LogP contribution in [0.25, 0.3) is 0 Å². The summed E-state index contributed by atoms with van der Waals surface area (Å²) in [7, 11) is -6.25. The van der Waals surface area contributed by atoms with Crippen LogP contribution in [-0.4, -0.2) is 45.1 Å². The van der Waals surface area contributed by atoms with Gasteiger partial charge in [0.2, 0.25) is 20.0 Å². The van der Waals surface area contributed by atoms with Crippen LogP contribution < -0.4 is 4.74 Å². The van der Waals surface area contributed by atoms with Crippen molar-refractivity contribution in [1.29, 1.82) is 0 Å². The fourth-order valence-corrected chi connectivity index (χ4v) is 8.41. The second-order valence-electron chi connectivity index (χ2n) is 9.65. The zero-order valence-corrected chi connectivity index (χ0v) is 24.7. The molecule has 1 saturated carbocycles. The van der Waals surface area contributed by atoms with Gasteiger partial charge in [-0.1, -0.05) is 74.2 Å². The predicted molar refractivity (Wildman–Crippen MR) is 154 cm³/mol. The van der Waals surface area contributed by atoms with Gasteiger partial charge in [-0.05, 0) is 54.8 Å². The Morgan fingerprint density at radius 2 is 1.31 bits per heavy atom. The molecule has 0 saturated heterocycles. The highest BCUT2D eigenvalue weighted by molar-refractivity contribution is 7.89. The minimum Gasteiger partial charge on any atom is -0.496 e. The van der Waals surface area contributed by atoms with E-state index in [2.05, 4.69) is 0 Å². The first-order chi connectivity index (χ1) is 18.7. The molecule has 0 bridgehead atoms. The maximum atomic E-state index is 13.9. The molecule has 39 heavy (non-hydrogen) atoms. The largest absolute Gasteiger partial charge is 0.496 e. The Bertz CT molecular complexity index is 1470. The maximum Gasteiger partial charge on any atom is 0.243 e. The van der Waals surface area contributed by atoms with Crippen molar-refractivity contribution < 1.29 is 21.6 Å². The molecule has 0 heterocycles. The standard InChI is InChI=1S/C29H35ClN2O5S2/c1-3-32(25-13-5-4-6-14-25)39(35,36)27-19-17-26(18-20-27)38(33,34)31(21-23-11-7-9-15-28(23)30)22-24-12-8-10-16-29(24)37-2/h7-12,15-20,25H,3-6,13-14,21-22H2,1-2H3. The highest BCUT2D eigenvalue weighted by Crippen LogP contribution is 2.30. The van der Waals surface area contributed by atoms with Crippen molar-refractivity contribution in [3.8, 4) is 5.75 Å². The molecule has 0 atom stereocenters. The third-order valence-corrected chi connectivity index (χ3v) is 11.4. The summed E-state index contributed by atoms with van der Waals surface area (Å²) in [6.07, 6.45) is 4.85. The van der Waals surface area contributed by atoms with Crippen LogP contribution in [0.4, 0.5) is 0 Å². The van der Waals surface area contributed by atoms with E-state index in [9.17, 15) is 16.8 Å². The average molecular weight is 591 g/mol. The molecule has 210 valence electrons. The SMILES string of the molecule is CCN(C1CCCCC1)S(=O)(=O)c1ccc(S(=O)(=O)N(Cc2ccccc2Cl)Cc2ccccc2OC)cc1. The van der Waals surface area contributed by atoms with Crippen molar-refractivity contribution in [1.82, 2.24) is 8.61 Å². The molecular weight excluding hydrogens is 556 g/mol. The van der Waals surface area contributed by atoms with Gasteiger partial charge in [0.05, 0.1) is 16.9 Å². The molecule has 0 aliphatic heterocycles. The van der Waals surface area contributed by atoms with Crippen molar-refractivity contribution >= 4 is 31.6 Å². The molecule has 7 nitrogen and oxygen atoms in total. The number of benzene rings is 3. The number of halogens is 1. The van der Waals surface area contributed by atoms with E-state index >= 15 is 0 Å². The third kappa shape index (κ3) is 6.66. The molecule has 0 aromatic heterocycles. The Hall–Kier alpha value is -2.43. The molecule has 3 aromatic rings. The number of para-hydroxylation sites is 1. The van der Waals surface area contributed by atoms with Crippen LogP contribution in [0.5, 0.6) is 5.75 Å². The summed E-state index contributed by atoms with van der Waals surface area (Å²) < 4.78 is 63.2. The number of nitrogens with zero attached hydrogens (tertiary/aromatic N) is 2. The van der Waals surface area contributed by atoms with E-state index in [1.807, 2.05) is 25.1 Å². The summed E-state index contributed by atoms with van der Waals surface area (Å²) >= 11 is 6.39. The Balaban J connectivity index is 1.67. The van der Waals surface area contributed by atoms with Gasteiger partial charge in [-0.15, -0.1) is 0 Å². The summed E-state index contributed by atoms with van der Waals surface area (Å²) in [6.45, 7) is 2.29. The highest BCUT2D eigenvalue weighted by Gasteiger charge is 2.32. The highest BCUT2D eigenvalue weighted by atomic mass is 35.5. The van der Waals surface area contributed by atoms with Crippen molar-refractivity contribution in [2.24, 2.45) is 0 Å². The first-order valence-electron chi connectivity index (χ1n) is 13.2.